The van der Waals surface area contributed by atoms with Gasteiger partial charge in [0.05, 0.1) is 44.7 Å². The molecule has 0 amide bonds. The molecule has 3 saturated heterocycles. The molecule has 8 nitrogen and oxygen atoms in total. The van der Waals surface area contributed by atoms with Gasteiger partial charge in [-0.15, -0.1) is 0 Å². The van der Waals surface area contributed by atoms with E-state index in [1.165, 1.54) is 132 Å². The molecule has 5 aliphatic rings. The molecule has 450 valence electrons. The fourth-order valence-electron chi connectivity index (χ4n) is 11.4. The van der Waals surface area contributed by atoms with E-state index in [-0.39, 0.29) is 45.0 Å². The van der Waals surface area contributed by atoms with Crippen molar-refractivity contribution in [2.24, 2.45) is 11.8 Å². The molecule has 0 bridgehead atoms. The van der Waals surface area contributed by atoms with Crippen molar-refractivity contribution in [2.45, 2.75) is 257 Å². The van der Waals surface area contributed by atoms with Gasteiger partial charge in [0.2, 0.25) is 0 Å². The molecule has 9 rings (SSSR count). The van der Waals surface area contributed by atoms with E-state index in [9.17, 15) is 17.6 Å². The summed E-state index contributed by atoms with van der Waals surface area (Å²) in [5, 5.41) is 0. The van der Waals surface area contributed by atoms with Gasteiger partial charge in [0, 0.05) is 4.47 Å². The largest absolute Gasteiger partial charge is 0.494 e. The van der Waals surface area contributed by atoms with Crippen molar-refractivity contribution in [3.63, 3.8) is 0 Å². The summed E-state index contributed by atoms with van der Waals surface area (Å²) in [6.07, 6.45) is 13.4. The first-order valence-corrected chi connectivity index (χ1v) is 31.4. The van der Waals surface area contributed by atoms with Gasteiger partial charge in [-0.25, -0.2) is 0 Å². The van der Waals surface area contributed by atoms with Crippen molar-refractivity contribution in [1.82, 2.24) is 0 Å². The SMILES string of the molecule is CC1(C)OB(B2OC(C)(C)C(C)(C)O2)OC1(C)C.CCCCCC1CCC(c2ccc(C(F)(F)Oc3ccc(B4OC(C)(C)C(C)(C)O4)cc3)cc2)CC1.CCCCCC1CCC(c2ccc(C(F)(F)Oc3ccc(Br)cc3)cc2)CC1. The van der Waals surface area contributed by atoms with Crippen LogP contribution in [0.1, 0.15) is 234 Å². The summed E-state index contributed by atoms with van der Waals surface area (Å²) in [6.45, 7) is 28.6. The Morgan fingerprint density at radius 3 is 1.05 bits per heavy atom. The molecule has 0 unspecified atom stereocenters. The predicted molar refractivity (Wildman–Crippen MR) is 328 cm³/mol. The van der Waals surface area contributed by atoms with Gasteiger partial charge >= 0.3 is 33.4 Å². The average molecular weight is 1200 g/mol. The van der Waals surface area contributed by atoms with Crippen LogP contribution in [0.2, 0.25) is 0 Å². The molecule has 0 spiro atoms. The number of alkyl halides is 4. The quantitative estimate of drug-likeness (QED) is 0.0554. The first-order valence-electron chi connectivity index (χ1n) is 30.6. The van der Waals surface area contributed by atoms with Crippen LogP contribution in [0.3, 0.4) is 0 Å². The summed E-state index contributed by atoms with van der Waals surface area (Å²) >= 11 is 3.29. The van der Waals surface area contributed by atoms with E-state index in [0.717, 1.165) is 40.2 Å². The minimum Gasteiger partial charge on any atom is -0.429 e. The van der Waals surface area contributed by atoms with Crippen molar-refractivity contribution < 1.29 is 55.0 Å². The summed E-state index contributed by atoms with van der Waals surface area (Å²) in [5.41, 5.74) is 0.518. The summed E-state index contributed by atoms with van der Waals surface area (Å²) in [6, 6.07) is 26.5. The number of unbranched alkanes of at least 4 members (excludes halogenated alkanes) is 4. The zero-order valence-corrected chi connectivity index (χ0v) is 53.3. The summed E-state index contributed by atoms with van der Waals surface area (Å²) < 4.78 is 106. The Balaban J connectivity index is 0.000000187. The van der Waals surface area contributed by atoms with Crippen LogP contribution in [0.4, 0.5) is 17.6 Å². The van der Waals surface area contributed by atoms with Crippen LogP contribution in [0, 0.1) is 11.8 Å². The third-order valence-electron chi connectivity index (χ3n) is 19.0. The lowest BCUT2D eigenvalue weighted by Crippen LogP contribution is -2.41. The monoisotopic (exact) mass is 1200 g/mol. The van der Waals surface area contributed by atoms with Gasteiger partial charge in [-0.05, 0) is 235 Å². The lowest BCUT2D eigenvalue weighted by Gasteiger charge is -2.32. The number of halogens is 5. The number of benzene rings is 4. The fourth-order valence-corrected chi connectivity index (χ4v) is 11.7. The molecule has 4 aromatic carbocycles. The maximum Gasteiger partial charge on any atom is 0.494 e. The average Bonchev–Trinajstić information content (AvgIpc) is 4.13. The van der Waals surface area contributed by atoms with Crippen LogP contribution in [-0.2, 0) is 40.1 Å². The molecule has 0 radical (unpaired) electrons. The van der Waals surface area contributed by atoms with Crippen molar-refractivity contribution in [3.05, 3.63) is 124 Å². The van der Waals surface area contributed by atoms with Crippen molar-refractivity contribution in [1.29, 1.82) is 0 Å². The van der Waals surface area contributed by atoms with Crippen molar-refractivity contribution >= 4 is 42.5 Å². The van der Waals surface area contributed by atoms with Crippen molar-refractivity contribution in [2.75, 3.05) is 0 Å². The first kappa shape index (κ1) is 66.2. The Morgan fingerprint density at radius 1 is 0.427 bits per heavy atom. The molecule has 2 aliphatic carbocycles. The minimum absolute atomic E-state index is 0.103. The molecule has 3 aliphatic heterocycles. The second-order valence-corrected chi connectivity index (χ2v) is 27.7. The third-order valence-corrected chi connectivity index (χ3v) is 19.6. The lowest BCUT2D eigenvalue weighted by atomic mass is 9.49. The standard InChI is InChI=1S/C30H41BF2O3.C24H29BrF2O.C12H24B2O4/c1-6-7-8-9-22-10-12-23(13-11-22)24-14-16-25(17-15-24)30(32,33)34-27-20-18-26(19-21-27)31-35-28(2,3)29(4,5)36-31;1-2-3-4-5-18-6-8-19(9-7-18)20-10-12-21(13-11-20)24(26,27)28-23-16-14-22(25)15-17-23;1-9(2)10(3,4)16-13(15-9)14-17-11(5,6)12(7,8)18-14/h14-23H,6-13H2,1-5H3;10-19H,2-9H2,1H3;1-8H3. The minimum atomic E-state index is -3.42. The third kappa shape index (κ3) is 16.8. The first-order chi connectivity index (χ1) is 38.4. The molecule has 82 heavy (non-hydrogen) atoms. The van der Waals surface area contributed by atoms with Gasteiger partial charge in [0.15, 0.2) is 0 Å². The molecule has 16 heteroatoms. The van der Waals surface area contributed by atoms with E-state index in [4.69, 9.17) is 37.4 Å². The van der Waals surface area contributed by atoms with Gasteiger partial charge in [0.25, 0.3) is 0 Å². The topological polar surface area (TPSA) is 73.8 Å². The Bertz CT molecular complexity index is 2520. The van der Waals surface area contributed by atoms with E-state index in [1.54, 1.807) is 36.4 Å². The van der Waals surface area contributed by atoms with Crippen LogP contribution in [0.15, 0.2) is 102 Å². The number of ether oxygens (including phenoxy) is 2. The molecule has 0 N–H and O–H groups in total. The van der Waals surface area contributed by atoms with E-state index in [1.807, 2.05) is 107 Å². The van der Waals surface area contributed by atoms with Crippen LogP contribution in [-0.4, -0.2) is 54.7 Å². The zero-order chi connectivity index (χ0) is 59.9. The highest BCUT2D eigenvalue weighted by atomic mass is 79.9. The second-order valence-electron chi connectivity index (χ2n) is 26.8. The van der Waals surface area contributed by atoms with Crippen LogP contribution in [0.25, 0.3) is 0 Å². The van der Waals surface area contributed by atoms with Gasteiger partial charge < -0.3 is 37.4 Å². The predicted octanol–water partition coefficient (Wildman–Crippen LogP) is 18.6. The molecule has 5 fully saturated rings. The van der Waals surface area contributed by atoms with Crippen LogP contribution >= 0.6 is 15.9 Å². The zero-order valence-electron chi connectivity index (χ0n) is 51.7. The molecule has 2 saturated carbocycles. The Kier molecular flexibility index (Phi) is 21.9. The normalized spacial score (nSPS) is 24.3. The van der Waals surface area contributed by atoms with E-state index in [2.05, 4.69) is 29.8 Å². The smallest absolute Gasteiger partial charge is 0.429 e. The number of hydrogen-bond acceptors (Lipinski definition) is 8. The van der Waals surface area contributed by atoms with E-state index in [0.29, 0.717) is 11.8 Å². The number of hydrogen-bond donors (Lipinski definition) is 0. The molecule has 0 atom stereocenters. The van der Waals surface area contributed by atoms with E-state index >= 15 is 0 Å². The molecular formula is C66H94B3BrF4O8. The highest BCUT2D eigenvalue weighted by molar-refractivity contribution is 9.10. The van der Waals surface area contributed by atoms with Gasteiger partial charge in [-0.3, -0.25) is 0 Å². The fraction of sp³-hybridized carbons (Fsp3) is 0.636. The van der Waals surface area contributed by atoms with Crippen molar-refractivity contribution in [3.8, 4) is 11.5 Å². The number of rotatable bonds is 18. The maximum atomic E-state index is 14.9. The molecular weight excluding hydrogens is 1110 g/mol. The summed E-state index contributed by atoms with van der Waals surface area (Å²) in [4.78, 5) is 0. The lowest BCUT2D eigenvalue weighted by molar-refractivity contribution is -0.186. The summed E-state index contributed by atoms with van der Waals surface area (Å²) in [7, 11) is -1.49. The van der Waals surface area contributed by atoms with E-state index < -0.39 is 44.6 Å². The Hall–Kier alpha value is -3.37. The van der Waals surface area contributed by atoms with Gasteiger partial charge in [0.1, 0.15) is 11.5 Å². The second kappa shape index (κ2) is 27.1. The van der Waals surface area contributed by atoms with Crippen LogP contribution < -0.4 is 14.9 Å². The summed E-state index contributed by atoms with van der Waals surface area (Å²) in [5.74, 6) is 2.91. The Labute approximate surface area is 499 Å². The Morgan fingerprint density at radius 2 is 0.732 bits per heavy atom. The molecule has 4 aromatic rings. The highest BCUT2D eigenvalue weighted by Gasteiger charge is 2.64. The molecule has 3 heterocycles. The maximum absolute atomic E-state index is 14.9. The molecule has 0 aromatic heterocycles. The van der Waals surface area contributed by atoms with Crippen LogP contribution in [0.5, 0.6) is 11.5 Å². The van der Waals surface area contributed by atoms with Gasteiger partial charge in [-0.2, -0.15) is 17.6 Å². The van der Waals surface area contributed by atoms with Gasteiger partial charge in [-0.1, -0.05) is 118 Å². The highest BCUT2D eigenvalue weighted by Crippen LogP contribution is 2.45.